The third kappa shape index (κ3) is 3.17. The van der Waals surface area contributed by atoms with Crippen LogP contribution in [-0.2, 0) is 12.0 Å². The van der Waals surface area contributed by atoms with Gasteiger partial charge >= 0.3 is 0 Å². The van der Waals surface area contributed by atoms with Crippen molar-refractivity contribution in [2.75, 3.05) is 0 Å². The number of aromatic nitrogens is 2. The van der Waals surface area contributed by atoms with Gasteiger partial charge in [0.25, 0.3) is 0 Å². The Morgan fingerprint density at radius 2 is 2.00 bits per heavy atom. The molecule has 0 saturated carbocycles. The summed E-state index contributed by atoms with van der Waals surface area (Å²) in [5, 5.41) is 4.57. The van der Waals surface area contributed by atoms with Crippen molar-refractivity contribution in [3.8, 4) is 0 Å². The molecule has 0 bridgehead atoms. The van der Waals surface area contributed by atoms with E-state index in [1.165, 1.54) is 25.0 Å². The Labute approximate surface area is 87.3 Å². The van der Waals surface area contributed by atoms with Crippen molar-refractivity contribution in [2.45, 2.75) is 58.9 Å². The molecule has 0 N–H and O–H groups in total. The van der Waals surface area contributed by atoms with Crippen LogP contribution >= 0.6 is 0 Å². The summed E-state index contributed by atoms with van der Waals surface area (Å²) in [6.07, 6.45) is 5.90. The van der Waals surface area contributed by atoms with Crippen LogP contribution in [0.2, 0.25) is 0 Å². The van der Waals surface area contributed by atoms with Gasteiger partial charge in [0.15, 0.2) is 0 Å². The van der Waals surface area contributed by atoms with E-state index < -0.39 is 0 Å². The van der Waals surface area contributed by atoms with Gasteiger partial charge in [0.05, 0.1) is 5.69 Å². The minimum atomic E-state index is 0.177. The lowest BCUT2D eigenvalue weighted by Crippen LogP contribution is -2.13. The van der Waals surface area contributed by atoms with Crippen LogP contribution in [0.1, 0.15) is 52.7 Å². The van der Waals surface area contributed by atoms with E-state index >= 15 is 0 Å². The van der Waals surface area contributed by atoms with Gasteiger partial charge < -0.3 is 0 Å². The molecule has 0 atom stereocenters. The second kappa shape index (κ2) is 4.63. The molecule has 2 nitrogen and oxygen atoms in total. The molecular formula is C12H22N2. The van der Waals surface area contributed by atoms with E-state index in [1.807, 2.05) is 0 Å². The van der Waals surface area contributed by atoms with Gasteiger partial charge in [-0.1, -0.05) is 40.5 Å². The standard InChI is InChI=1S/C12H22N2/c1-5-6-7-9-14-10-8-11(13-14)12(2,3)4/h8,10H,5-7,9H2,1-4H3. The summed E-state index contributed by atoms with van der Waals surface area (Å²) in [6, 6.07) is 2.13. The Kier molecular flexibility index (Phi) is 3.73. The summed E-state index contributed by atoms with van der Waals surface area (Å²) >= 11 is 0. The van der Waals surface area contributed by atoms with E-state index in [9.17, 15) is 0 Å². The lowest BCUT2D eigenvalue weighted by atomic mass is 9.93. The number of nitrogens with zero attached hydrogens (tertiary/aromatic N) is 2. The van der Waals surface area contributed by atoms with Gasteiger partial charge in [0.2, 0.25) is 0 Å². The fourth-order valence-electron chi connectivity index (χ4n) is 1.41. The summed E-state index contributed by atoms with van der Waals surface area (Å²) in [4.78, 5) is 0. The molecule has 0 amide bonds. The van der Waals surface area contributed by atoms with Crippen LogP contribution in [0.4, 0.5) is 0 Å². The Balaban J connectivity index is 2.51. The van der Waals surface area contributed by atoms with E-state index in [1.54, 1.807) is 0 Å². The SMILES string of the molecule is CCCCCn1ccc(C(C)(C)C)n1. The zero-order valence-corrected chi connectivity index (χ0v) is 9.88. The maximum absolute atomic E-state index is 4.57. The first-order valence-corrected chi connectivity index (χ1v) is 5.58. The molecule has 0 radical (unpaired) electrons. The van der Waals surface area contributed by atoms with Crippen molar-refractivity contribution in [3.63, 3.8) is 0 Å². The summed E-state index contributed by atoms with van der Waals surface area (Å²) in [7, 11) is 0. The Bertz CT molecular complexity index is 268. The topological polar surface area (TPSA) is 17.8 Å². The Hall–Kier alpha value is -0.790. The van der Waals surface area contributed by atoms with E-state index in [4.69, 9.17) is 0 Å². The van der Waals surface area contributed by atoms with Crippen molar-refractivity contribution >= 4 is 0 Å². The third-order valence-corrected chi connectivity index (χ3v) is 2.40. The molecule has 1 rings (SSSR count). The number of hydrogen-bond donors (Lipinski definition) is 0. The average molecular weight is 194 g/mol. The molecule has 0 saturated heterocycles. The zero-order chi connectivity index (χ0) is 10.6. The normalized spacial score (nSPS) is 12.0. The molecular weight excluding hydrogens is 172 g/mol. The van der Waals surface area contributed by atoms with E-state index in [0.29, 0.717) is 0 Å². The molecule has 1 aromatic heterocycles. The highest BCUT2D eigenvalue weighted by Crippen LogP contribution is 2.19. The number of hydrogen-bond acceptors (Lipinski definition) is 1. The van der Waals surface area contributed by atoms with Crippen molar-refractivity contribution in [1.82, 2.24) is 9.78 Å². The minimum absolute atomic E-state index is 0.177. The molecule has 0 fully saturated rings. The molecule has 2 heteroatoms. The summed E-state index contributed by atoms with van der Waals surface area (Å²) in [5.41, 5.74) is 1.37. The van der Waals surface area contributed by atoms with Crippen molar-refractivity contribution in [3.05, 3.63) is 18.0 Å². The largest absolute Gasteiger partial charge is 0.272 e. The average Bonchev–Trinajstić information content (AvgIpc) is 2.52. The van der Waals surface area contributed by atoms with Crippen LogP contribution in [0, 0.1) is 0 Å². The lowest BCUT2D eigenvalue weighted by molar-refractivity contribution is 0.512. The first-order chi connectivity index (χ1) is 6.54. The third-order valence-electron chi connectivity index (χ3n) is 2.40. The van der Waals surface area contributed by atoms with Crippen molar-refractivity contribution in [2.24, 2.45) is 0 Å². The van der Waals surface area contributed by atoms with Crippen LogP contribution in [0.5, 0.6) is 0 Å². The van der Waals surface area contributed by atoms with Crippen LogP contribution < -0.4 is 0 Å². The molecule has 14 heavy (non-hydrogen) atoms. The molecule has 0 spiro atoms. The smallest absolute Gasteiger partial charge is 0.0677 e. The fourth-order valence-corrected chi connectivity index (χ4v) is 1.41. The number of rotatable bonds is 4. The second-order valence-electron chi connectivity index (χ2n) is 4.92. The van der Waals surface area contributed by atoms with Gasteiger partial charge in [-0.2, -0.15) is 5.10 Å². The Morgan fingerprint density at radius 3 is 2.50 bits per heavy atom. The van der Waals surface area contributed by atoms with Gasteiger partial charge in [-0.25, -0.2) is 0 Å². The maximum atomic E-state index is 4.57. The monoisotopic (exact) mass is 194 g/mol. The zero-order valence-electron chi connectivity index (χ0n) is 9.88. The number of unbranched alkanes of at least 4 members (excludes halogenated alkanes) is 2. The molecule has 0 aromatic carbocycles. The van der Waals surface area contributed by atoms with Crippen LogP contribution in [0.3, 0.4) is 0 Å². The molecule has 1 aromatic rings. The summed E-state index contributed by atoms with van der Waals surface area (Å²) < 4.78 is 2.07. The molecule has 1 heterocycles. The van der Waals surface area contributed by atoms with E-state index in [-0.39, 0.29) is 5.41 Å². The first kappa shape index (κ1) is 11.3. The Morgan fingerprint density at radius 1 is 1.29 bits per heavy atom. The lowest BCUT2D eigenvalue weighted by Gasteiger charge is -2.14. The highest BCUT2D eigenvalue weighted by molar-refractivity contribution is 5.10. The molecule has 0 aliphatic carbocycles. The highest BCUT2D eigenvalue weighted by Gasteiger charge is 2.16. The van der Waals surface area contributed by atoms with Crippen molar-refractivity contribution in [1.29, 1.82) is 0 Å². The fraction of sp³-hybridized carbons (Fsp3) is 0.750. The molecule has 80 valence electrons. The summed E-state index contributed by atoms with van der Waals surface area (Å²) in [5.74, 6) is 0. The predicted molar refractivity (Wildman–Crippen MR) is 60.5 cm³/mol. The maximum Gasteiger partial charge on any atom is 0.0677 e. The number of aryl methyl sites for hydroxylation is 1. The minimum Gasteiger partial charge on any atom is -0.272 e. The van der Waals surface area contributed by atoms with Gasteiger partial charge in [-0.3, -0.25) is 4.68 Å². The van der Waals surface area contributed by atoms with Gasteiger partial charge in [0, 0.05) is 18.2 Å². The molecule has 0 aliphatic rings. The van der Waals surface area contributed by atoms with Crippen molar-refractivity contribution < 1.29 is 0 Å². The molecule has 0 aliphatic heterocycles. The highest BCUT2D eigenvalue weighted by atomic mass is 15.3. The van der Waals surface area contributed by atoms with Crippen LogP contribution in [0.15, 0.2) is 12.3 Å². The molecule has 0 unspecified atom stereocenters. The predicted octanol–water partition coefficient (Wildman–Crippen LogP) is 3.37. The van der Waals surface area contributed by atoms with Gasteiger partial charge in [-0.15, -0.1) is 0 Å². The van der Waals surface area contributed by atoms with Gasteiger partial charge in [-0.05, 0) is 12.5 Å². The van der Waals surface area contributed by atoms with Gasteiger partial charge in [0.1, 0.15) is 0 Å². The quantitative estimate of drug-likeness (QED) is 0.672. The summed E-state index contributed by atoms with van der Waals surface area (Å²) in [6.45, 7) is 9.89. The van der Waals surface area contributed by atoms with E-state index in [0.717, 1.165) is 6.54 Å². The van der Waals surface area contributed by atoms with Crippen LogP contribution in [-0.4, -0.2) is 9.78 Å². The first-order valence-electron chi connectivity index (χ1n) is 5.58. The second-order valence-corrected chi connectivity index (χ2v) is 4.92. The van der Waals surface area contributed by atoms with E-state index in [2.05, 4.69) is 49.7 Å². The van der Waals surface area contributed by atoms with Crippen LogP contribution in [0.25, 0.3) is 0 Å².